The van der Waals surface area contributed by atoms with Crippen LogP contribution < -0.4 is 12.4 Å². The second-order valence-corrected chi connectivity index (χ2v) is 4.01. The summed E-state index contributed by atoms with van der Waals surface area (Å²) in [4.78, 5) is 0. The van der Waals surface area contributed by atoms with E-state index in [1.165, 1.54) is 6.07 Å². The zero-order valence-corrected chi connectivity index (χ0v) is 10.6. The molecule has 0 fully saturated rings. The summed E-state index contributed by atoms with van der Waals surface area (Å²) in [6, 6.07) is 16.3. The van der Waals surface area contributed by atoms with E-state index in [1.807, 2.05) is 30.3 Å². The Morgan fingerprint density at radius 2 is 1.53 bits per heavy atom. The van der Waals surface area contributed by atoms with Crippen LogP contribution in [0.15, 0.2) is 59.0 Å². The van der Waals surface area contributed by atoms with Crippen molar-refractivity contribution in [1.29, 1.82) is 0 Å². The molecule has 4 heteroatoms. The van der Waals surface area contributed by atoms with Gasteiger partial charge in [-0.05, 0) is 24.3 Å². The Kier molecular flexibility index (Phi) is 3.58. The molecule has 0 atom stereocenters. The van der Waals surface area contributed by atoms with Crippen molar-refractivity contribution < 1.29 is 27.0 Å². The fraction of sp³-hybridized carbons (Fsp3) is 0. The van der Waals surface area contributed by atoms with E-state index in [2.05, 4.69) is 0 Å². The minimum atomic E-state index is -0.157. The molecule has 0 unspecified atom stereocenters. The quantitative estimate of drug-likeness (QED) is 0.510. The Bertz CT molecular complexity index is 711. The summed E-state index contributed by atoms with van der Waals surface area (Å²) in [6.45, 7) is 0. The first-order valence-corrected chi connectivity index (χ1v) is 5.59. The van der Waals surface area contributed by atoms with Crippen LogP contribution in [-0.4, -0.2) is 10.2 Å². The molecule has 19 heavy (non-hydrogen) atoms. The van der Waals surface area contributed by atoms with Crippen LogP contribution in [0.2, 0.25) is 0 Å². The van der Waals surface area contributed by atoms with Gasteiger partial charge in [-0.15, -0.1) is 0 Å². The predicted molar refractivity (Wildman–Crippen MR) is 69.4 cm³/mol. The van der Waals surface area contributed by atoms with Crippen molar-refractivity contribution in [2.45, 2.75) is 0 Å². The Hall–Kier alpha value is -2.26. The molecule has 0 amide bonds. The first kappa shape index (κ1) is 13.2. The molecule has 0 aliphatic carbocycles. The van der Waals surface area contributed by atoms with E-state index in [0.717, 1.165) is 5.56 Å². The van der Waals surface area contributed by atoms with Crippen LogP contribution in [0.4, 0.5) is 0 Å². The van der Waals surface area contributed by atoms with Crippen molar-refractivity contribution >= 4 is 11.0 Å². The van der Waals surface area contributed by atoms with Crippen molar-refractivity contribution in [3.8, 4) is 22.8 Å². The molecular weight excluding hydrogens is 264 g/mol. The lowest BCUT2D eigenvalue weighted by Crippen LogP contribution is -3.00. The lowest BCUT2D eigenvalue weighted by atomic mass is 10.1. The highest BCUT2D eigenvalue weighted by Crippen LogP contribution is 2.35. The molecule has 0 saturated heterocycles. The maximum atomic E-state index is 9.71. The number of rotatable bonds is 1. The average Bonchev–Trinajstić information content (AvgIpc) is 2.44. The van der Waals surface area contributed by atoms with Gasteiger partial charge in [-0.25, -0.2) is 4.42 Å². The number of aromatic hydroxyl groups is 2. The summed E-state index contributed by atoms with van der Waals surface area (Å²) in [5.41, 5.74) is 1.50. The van der Waals surface area contributed by atoms with E-state index < -0.39 is 0 Å². The predicted octanol–water partition coefficient (Wildman–Crippen LogP) is 0.796. The van der Waals surface area contributed by atoms with Crippen LogP contribution in [0.5, 0.6) is 11.5 Å². The van der Waals surface area contributed by atoms with E-state index >= 15 is 0 Å². The molecule has 2 aromatic carbocycles. The second-order valence-electron chi connectivity index (χ2n) is 4.01. The molecule has 0 spiro atoms. The van der Waals surface area contributed by atoms with Crippen LogP contribution in [0.25, 0.3) is 22.3 Å². The largest absolute Gasteiger partial charge is 1.00 e. The first-order valence-electron chi connectivity index (χ1n) is 5.59. The lowest BCUT2D eigenvalue weighted by Gasteiger charge is -1.97. The molecule has 0 saturated carbocycles. The number of phenols is 2. The highest BCUT2D eigenvalue weighted by atomic mass is 35.5. The number of phenolic OH excluding ortho intramolecular Hbond substituents is 2. The summed E-state index contributed by atoms with van der Waals surface area (Å²) < 4.78 is 5.71. The molecule has 3 aromatic rings. The molecular formula is C15H11ClO3. The maximum absolute atomic E-state index is 9.71. The summed E-state index contributed by atoms with van der Waals surface area (Å²) in [6.07, 6.45) is 0. The number of hydrogen-bond acceptors (Lipinski definition) is 2. The van der Waals surface area contributed by atoms with Crippen LogP contribution in [0, 0.1) is 0 Å². The van der Waals surface area contributed by atoms with Crippen molar-refractivity contribution in [3.63, 3.8) is 0 Å². The van der Waals surface area contributed by atoms with Crippen molar-refractivity contribution in [1.82, 2.24) is 0 Å². The molecule has 0 aliphatic heterocycles. The third kappa shape index (κ3) is 2.33. The molecule has 1 heterocycles. The van der Waals surface area contributed by atoms with Crippen LogP contribution in [0.1, 0.15) is 0 Å². The smallest absolute Gasteiger partial charge is 0.364 e. The zero-order chi connectivity index (χ0) is 12.5. The van der Waals surface area contributed by atoms with E-state index in [9.17, 15) is 10.2 Å². The zero-order valence-electron chi connectivity index (χ0n) is 9.88. The fourth-order valence-electron chi connectivity index (χ4n) is 1.90. The van der Waals surface area contributed by atoms with Gasteiger partial charge in [0.25, 0.3) is 0 Å². The molecule has 1 aromatic heterocycles. The molecule has 0 radical (unpaired) electrons. The van der Waals surface area contributed by atoms with E-state index in [-0.39, 0.29) is 23.9 Å². The van der Waals surface area contributed by atoms with Gasteiger partial charge in [0, 0.05) is 12.1 Å². The SMILES string of the molecule is Oc1ccc2[o+]c(-c3ccccc3)ccc2c1O.[Cl-]. The van der Waals surface area contributed by atoms with Gasteiger partial charge in [0.05, 0.1) is 5.56 Å². The molecule has 3 nitrogen and oxygen atoms in total. The highest BCUT2D eigenvalue weighted by molar-refractivity contribution is 5.87. The van der Waals surface area contributed by atoms with Crippen LogP contribution in [0.3, 0.4) is 0 Å². The van der Waals surface area contributed by atoms with Gasteiger partial charge in [-0.1, -0.05) is 18.2 Å². The number of benzene rings is 2. The summed E-state index contributed by atoms with van der Waals surface area (Å²) in [5.74, 6) is 0.411. The Morgan fingerprint density at radius 3 is 2.26 bits per heavy atom. The standard InChI is InChI=1S/C15H10O3.ClH/c16-12-7-9-14-11(15(12)17)6-8-13(18-14)10-4-2-1-3-5-10;/h1-9H,(H-,16,17);1H. The molecule has 0 bridgehead atoms. The summed E-state index contributed by atoms with van der Waals surface area (Å²) in [5, 5.41) is 19.6. The van der Waals surface area contributed by atoms with Crippen molar-refractivity contribution in [2.75, 3.05) is 0 Å². The number of hydrogen-bond donors (Lipinski definition) is 2. The van der Waals surface area contributed by atoms with Gasteiger partial charge in [0.2, 0.25) is 0 Å². The Labute approximate surface area is 116 Å². The molecule has 96 valence electrons. The Balaban J connectivity index is 0.00000133. The minimum Gasteiger partial charge on any atom is -1.00 e. The first-order chi connectivity index (χ1) is 8.75. The van der Waals surface area contributed by atoms with Gasteiger partial charge in [-0.3, -0.25) is 0 Å². The van der Waals surface area contributed by atoms with Gasteiger partial charge >= 0.3 is 11.3 Å². The van der Waals surface area contributed by atoms with Crippen LogP contribution in [-0.2, 0) is 0 Å². The molecule has 3 rings (SSSR count). The maximum Gasteiger partial charge on any atom is 0.364 e. The third-order valence-electron chi connectivity index (χ3n) is 2.84. The summed E-state index contributed by atoms with van der Waals surface area (Å²) >= 11 is 0. The average molecular weight is 275 g/mol. The topological polar surface area (TPSA) is 51.8 Å². The van der Waals surface area contributed by atoms with Gasteiger partial charge < -0.3 is 22.6 Å². The molecule has 2 N–H and O–H groups in total. The lowest BCUT2D eigenvalue weighted by molar-refractivity contribution is -0.00000573. The number of fused-ring (bicyclic) bond motifs is 1. The van der Waals surface area contributed by atoms with E-state index in [4.69, 9.17) is 4.42 Å². The monoisotopic (exact) mass is 274 g/mol. The van der Waals surface area contributed by atoms with E-state index in [0.29, 0.717) is 16.7 Å². The Morgan fingerprint density at radius 1 is 0.789 bits per heavy atom. The van der Waals surface area contributed by atoms with Gasteiger partial charge in [-0.2, -0.15) is 0 Å². The van der Waals surface area contributed by atoms with Crippen molar-refractivity contribution in [2.24, 2.45) is 0 Å². The third-order valence-corrected chi connectivity index (χ3v) is 2.84. The highest BCUT2D eigenvalue weighted by Gasteiger charge is 2.17. The second kappa shape index (κ2) is 5.16. The summed E-state index contributed by atoms with van der Waals surface area (Å²) in [7, 11) is 0. The fourth-order valence-corrected chi connectivity index (χ4v) is 1.90. The molecule has 0 aliphatic rings. The van der Waals surface area contributed by atoms with Gasteiger partial charge in [0.1, 0.15) is 5.39 Å². The normalized spacial score (nSPS) is 10.1. The minimum absolute atomic E-state index is 0. The van der Waals surface area contributed by atoms with Gasteiger partial charge in [0.15, 0.2) is 11.5 Å². The van der Waals surface area contributed by atoms with Crippen LogP contribution >= 0.6 is 0 Å². The van der Waals surface area contributed by atoms with Crippen molar-refractivity contribution in [3.05, 3.63) is 54.6 Å². The van der Waals surface area contributed by atoms with E-state index in [1.54, 1.807) is 18.2 Å². The number of halogens is 1.